The van der Waals surface area contributed by atoms with Crippen LogP contribution in [0.25, 0.3) is 0 Å². The SMILES string of the molecule is CCC(C)C(C)NC(=O)CCCCBr. The molecule has 0 saturated carbocycles. The summed E-state index contributed by atoms with van der Waals surface area (Å²) in [5.74, 6) is 0.758. The van der Waals surface area contributed by atoms with Crippen LogP contribution in [0.5, 0.6) is 0 Å². The average molecular weight is 264 g/mol. The summed E-state index contributed by atoms with van der Waals surface area (Å²) in [6.07, 6.45) is 3.82. The van der Waals surface area contributed by atoms with Gasteiger partial charge in [0.1, 0.15) is 0 Å². The van der Waals surface area contributed by atoms with Gasteiger partial charge in [-0.05, 0) is 25.7 Å². The molecule has 0 aliphatic heterocycles. The van der Waals surface area contributed by atoms with Gasteiger partial charge in [0.25, 0.3) is 0 Å². The lowest BCUT2D eigenvalue weighted by atomic mass is 10.0. The monoisotopic (exact) mass is 263 g/mol. The molecule has 0 aromatic rings. The summed E-state index contributed by atoms with van der Waals surface area (Å²) in [6, 6.07) is 0.302. The number of hydrogen-bond acceptors (Lipinski definition) is 1. The Morgan fingerprint density at radius 3 is 2.50 bits per heavy atom. The lowest BCUT2D eigenvalue weighted by Gasteiger charge is -2.19. The van der Waals surface area contributed by atoms with Crippen molar-refractivity contribution in [3.8, 4) is 0 Å². The van der Waals surface area contributed by atoms with Crippen molar-refractivity contribution in [2.24, 2.45) is 5.92 Å². The fourth-order valence-electron chi connectivity index (χ4n) is 1.20. The molecule has 0 rings (SSSR count). The van der Waals surface area contributed by atoms with Crippen molar-refractivity contribution in [3.05, 3.63) is 0 Å². The minimum absolute atomic E-state index is 0.193. The quantitative estimate of drug-likeness (QED) is 0.555. The fourth-order valence-corrected chi connectivity index (χ4v) is 1.60. The Morgan fingerprint density at radius 2 is 2.00 bits per heavy atom. The lowest BCUT2D eigenvalue weighted by Crippen LogP contribution is -2.36. The molecule has 0 radical (unpaired) electrons. The molecule has 0 aliphatic rings. The molecule has 0 spiro atoms. The van der Waals surface area contributed by atoms with Gasteiger partial charge >= 0.3 is 0 Å². The first-order valence-corrected chi connectivity index (χ1v) is 6.59. The Bertz CT molecular complexity index is 161. The van der Waals surface area contributed by atoms with Crippen LogP contribution in [-0.2, 0) is 4.79 Å². The van der Waals surface area contributed by atoms with Crippen LogP contribution in [0.2, 0.25) is 0 Å². The van der Waals surface area contributed by atoms with Crippen LogP contribution in [0, 0.1) is 5.92 Å². The third-order valence-electron chi connectivity index (χ3n) is 2.67. The number of halogens is 1. The minimum atomic E-state index is 0.193. The van der Waals surface area contributed by atoms with E-state index in [0.29, 0.717) is 18.4 Å². The topological polar surface area (TPSA) is 29.1 Å². The summed E-state index contributed by atoms with van der Waals surface area (Å²) in [5, 5.41) is 4.02. The third kappa shape index (κ3) is 6.41. The van der Waals surface area contributed by atoms with Crippen molar-refractivity contribution < 1.29 is 4.79 Å². The van der Waals surface area contributed by atoms with E-state index in [0.717, 1.165) is 24.6 Å². The van der Waals surface area contributed by atoms with Gasteiger partial charge < -0.3 is 5.32 Å². The number of alkyl halides is 1. The molecule has 0 bridgehead atoms. The molecule has 84 valence electrons. The molecule has 0 aromatic heterocycles. The third-order valence-corrected chi connectivity index (χ3v) is 3.23. The Labute approximate surface area is 96.0 Å². The van der Waals surface area contributed by atoms with Crippen LogP contribution in [0.3, 0.4) is 0 Å². The maximum atomic E-state index is 11.4. The zero-order valence-corrected chi connectivity index (χ0v) is 11.1. The van der Waals surface area contributed by atoms with Gasteiger partial charge in [-0.2, -0.15) is 0 Å². The summed E-state index contributed by atoms with van der Waals surface area (Å²) >= 11 is 3.35. The molecule has 3 heteroatoms. The van der Waals surface area contributed by atoms with Crippen LogP contribution in [0.1, 0.15) is 46.5 Å². The molecule has 14 heavy (non-hydrogen) atoms. The van der Waals surface area contributed by atoms with E-state index in [1.165, 1.54) is 0 Å². The first kappa shape index (κ1) is 13.9. The van der Waals surface area contributed by atoms with Gasteiger partial charge in [0, 0.05) is 17.8 Å². The predicted octanol–water partition coefficient (Wildman–Crippen LogP) is 3.10. The molecule has 0 aromatic carbocycles. The van der Waals surface area contributed by atoms with Crippen molar-refractivity contribution in [1.82, 2.24) is 5.32 Å². The standard InChI is InChI=1S/C11H22BrNO/c1-4-9(2)10(3)13-11(14)7-5-6-8-12/h9-10H,4-8H2,1-3H3,(H,13,14). The van der Waals surface area contributed by atoms with Crippen LogP contribution in [-0.4, -0.2) is 17.3 Å². The molecule has 0 fully saturated rings. The highest BCUT2D eigenvalue weighted by atomic mass is 79.9. The summed E-state index contributed by atoms with van der Waals surface area (Å²) in [7, 11) is 0. The number of unbranched alkanes of at least 4 members (excludes halogenated alkanes) is 1. The van der Waals surface area contributed by atoms with Crippen LogP contribution in [0.4, 0.5) is 0 Å². The maximum absolute atomic E-state index is 11.4. The van der Waals surface area contributed by atoms with E-state index in [1.54, 1.807) is 0 Å². The molecule has 0 saturated heterocycles. The van der Waals surface area contributed by atoms with Crippen molar-refractivity contribution in [3.63, 3.8) is 0 Å². The second-order valence-corrected chi connectivity index (χ2v) is 4.68. The van der Waals surface area contributed by atoms with Gasteiger partial charge in [-0.15, -0.1) is 0 Å². The van der Waals surface area contributed by atoms with E-state index in [2.05, 4.69) is 42.0 Å². The highest BCUT2D eigenvalue weighted by molar-refractivity contribution is 9.09. The largest absolute Gasteiger partial charge is 0.353 e. The van der Waals surface area contributed by atoms with Gasteiger partial charge in [-0.1, -0.05) is 36.2 Å². The number of rotatable bonds is 7. The van der Waals surface area contributed by atoms with E-state index >= 15 is 0 Å². The normalized spacial score (nSPS) is 14.9. The summed E-state index contributed by atoms with van der Waals surface area (Å²) in [6.45, 7) is 6.40. The van der Waals surface area contributed by atoms with Gasteiger partial charge in [-0.25, -0.2) is 0 Å². The molecule has 2 atom stereocenters. The van der Waals surface area contributed by atoms with Gasteiger partial charge in [-0.3, -0.25) is 4.79 Å². The number of carbonyl (C=O) groups excluding carboxylic acids is 1. The summed E-state index contributed by atoms with van der Waals surface area (Å²) < 4.78 is 0. The van der Waals surface area contributed by atoms with Crippen molar-refractivity contribution in [1.29, 1.82) is 0 Å². The molecule has 2 nitrogen and oxygen atoms in total. The molecule has 0 aliphatic carbocycles. The zero-order chi connectivity index (χ0) is 11.0. The molecule has 0 heterocycles. The Balaban J connectivity index is 3.60. The molecular weight excluding hydrogens is 242 g/mol. The van der Waals surface area contributed by atoms with Gasteiger partial charge in [0.05, 0.1) is 0 Å². The molecular formula is C11H22BrNO. The Morgan fingerprint density at radius 1 is 1.36 bits per heavy atom. The van der Waals surface area contributed by atoms with E-state index in [-0.39, 0.29) is 5.91 Å². The number of nitrogens with one attached hydrogen (secondary N) is 1. The van der Waals surface area contributed by atoms with Crippen molar-refractivity contribution >= 4 is 21.8 Å². The number of amides is 1. The van der Waals surface area contributed by atoms with Crippen molar-refractivity contribution in [2.75, 3.05) is 5.33 Å². The first-order valence-electron chi connectivity index (χ1n) is 5.47. The molecule has 2 unspecified atom stereocenters. The number of hydrogen-bond donors (Lipinski definition) is 1. The van der Waals surface area contributed by atoms with E-state index < -0.39 is 0 Å². The molecule has 1 amide bonds. The fraction of sp³-hybridized carbons (Fsp3) is 0.909. The van der Waals surface area contributed by atoms with Crippen molar-refractivity contribution in [2.45, 2.75) is 52.5 Å². The predicted molar refractivity (Wildman–Crippen MR) is 64.7 cm³/mol. The van der Waals surface area contributed by atoms with E-state index in [4.69, 9.17) is 0 Å². The van der Waals surface area contributed by atoms with Crippen LogP contribution < -0.4 is 5.32 Å². The molecule has 1 N–H and O–H groups in total. The second kappa shape index (κ2) is 8.27. The van der Waals surface area contributed by atoms with Crippen LogP contribution in [0.15, 0.2) is 0 Å². The van der Waals surface area contributed by atoms with Gasteiger partial charge in [0.15, 0.2) is 0 Å². The first-order chi connectivity index (χ1) is 6.61. The van der Waals surface area contributed by atoms with E-state index in [1.807, 2.05) is 0 Å². The average Bonchev–Trinajstić information content (AvgIpc) is 2.16. The highest BCUT2D eigenvalue weighted by Crippen LogP contribution is 2.07. The van der Waals surface area contributed by atoms with E-state index in [9.17, 15) is 4.79 Å². The van der Waals surface area contributed by atoms with Gasteiger partial charge in [0.2, 0.25) is 5.91 Å². The maximum Gasteiger partial charge on any atom is 0.220 e. The minimum Gasteiger partial charge on any atom is -0.353 e. The zero-order valence-electron chi connectivity index (χ0n) is 9.48. The second-order valence-electron chi connectivity index (χ2n) is 3.89. The smallest absolute Gasteiger partial charge is 0.220 e. The Kier molecular flexibility index (Phi) is 8.24. The number of carbonyl (C=O) groups is 1. The summed E-state index contributed by atoms with van der Waals surface area (Å²) in [5.41, 5.74) is 0. The highest BCUT2D eigenvalue weighted by Gasteiger charge is 2.12. The van der Waals surface area contributed by atoms with Crippen LogP contribution >= 0.6 is 15.9 Å². The lowest BCUT2D eigenvalue weighted by molar-refractivity contribution is -0.122. The Hall–Kier alpha value is -0.0500. The summed E-state index contributed by atoms with van der Waals surface area (Å²) in [4.78, 5) is 11.4.